The van der Waals surface area contributed by atoms with Gasteiger partial charge >= 0.3 is 0 Å². The van der Waals surface area contributed by atoms with E-state index in [0.717, 1.165) is 19.3 Å². The first kappa shape index (κ1) is 18.0. The van der Waals surface area contributed by atoms with Crippen LogP contribution in [-0.4, -0.2) is 23.9 Å². The van der Waals surface area contributed by atoms with Gasteiger partial charge in [0, 0.05) is 24.4 Å². The first-order valence-electron chi connectivity index (χ1n) is 8.32. The molecule has 0 saturated heterocycles. The van der Waals surface area contributed by atoms with Crippen LogP contribution in [0.15, 0.2) is 0 Å². The second-order valence-electron chi connectivity index (χ2n) is 7.21. The van der Waals surface area contributed by atoms with E-state index in [9.17, 15) is 9.59 Å². The fourth-order valence-corrected chi connectivity index (χ4v) is 2.91. The monoisotopic (exact) mass is 296 g/mol. The highest BCUT2D eigenvalue weighted by molar-refractivity contribution is 5.82. The molecule has 2 N–H and O–H groups in total. The molecule has 1 saturated carbocycles. The van der Waals surface area contributed by atoms with Crippen LogP contribution in [0, 0.1) is 17.3 Å². The normalized spacial score (nSPS) is 26.4. The van der Waals surface area contributed by atoms with Crippen molar-refractivity contribution >= 4 is 11.8 Å². The Balaban J connectivity index is 2.49. The molecule has 0 aromatic carbocycles. The van der Waals surface area contributed by atoms with E-state index in [2.05, 4.69) is 38.3 Å². The summed E-state index contributed by atoms with van der Waals surface area (Å²) in [5, 5.41) is 6.08. The molecule has 0 aromatic heterocycles. The van der Waals surface area contributed by atoms with E-state index in [1.165, 1.54) is 0 Å². The van der Waals surface area contributed by atoms with E-state index >= 15 is 0 Å². The van der Waals surface area contributed by atoms with Crippen LogP contribution >= 0.6 is 0 Å². The van der Waals surface area contributed by atoms with Crippen LogP contribution < -0.4 is 10.6 Å². The Hall–Kier alpha value is -1.06. The summed E-state index contributed by atoms with van der Waals surface area (Å²) < 4.78 is 0. The lowest BCUT2D eigenvalue weighted by atomic mass is 9.53. The molecule has 4 heteroatoms. The Morgan fingerprint density at radius 2 is 1.62 bits per heavy atom. The predicted molar refractivity (Wildman–Crippen MR) is 85.8 cm³/mol. The third-order valence-corrected chi connectivity index (χ3v) is 5.24. The number of hydrogen-bond donors (Lipinski definition) is 2. The van der Waals surface area contributed by atoms with Gasteiger partial charge < -0.3 is 10.6 Å². The van der Waals surface area contributed by atoms with E-state index < -0.39 is 0 Å². The molecule has 1 rings (SSSR count). The van der Waals surface area contributed by atoms with Gasteiger partial charge in [-0.1, -0.05) is 27.7 Å². The maximum absolute atomic E-state index is 12.3. The van der Waals surface area contributed by atoms with Crippen molar-refractivity contribution in [1.82, 2.24) is 10.6 Å². The van der Waals surface area contributed by atoms with Gasteiger partial charge in [-0.25, -0.2) is 0 Å². The lowest BCUT2D eigenvalue weighted by Gasteiger charge is -2.51. The van der Waals surface area contributed by atoms with E-state index in [1.807, 2.05) is 13.8 Å². The number of carbonyl (C=O) groups excluding carboxylic acids is 2. The molecule has 0 aromatic rings. The molecule has 0 heterocycles. The van der Waals surface area contributed by atoms with Gasteiger partial charge in [-0.2, -0.15) is 0 Å². The molecule has 0 spiro atoms. The molecule has 1 aliphatic rings. The van der Waals surface area contributed by atoms with Crippen LogP contribution in [0.25, 0.3) is 0 Å². The average Bonchev–Trinajstić information content (AvgIpc) is 2.42. The smallest absolute Gasteiger partial charge is 0.223 e. The minimum Gasteiger partial charge on any atom is -0.354 e. The molecule has 4 nitrogen and oxygen atoms in total. The van der Waals surface area contributed by atoms with Crippen molar-refractivity contribution in [3.63, 3.8) is 0 Å². The topological polar surface area (TPSA) is 58.2 Å². The highest BCUT2D eigenvalue weighted by Gasteiger charge is 2.52. The zero-order chi connectivity index (χ0) is 16.2. The zero-order valence-corrected chi connectivity index (χ0v) is 14.5. The van der Waals surface area contributed by atoms with Gasteiger partial charge in [0.1, 0.15) is 0 Å². The van der Waals surface area contributed by atoms with Crippen molar-refractivity contribution in [1.29, 1.82) is 0 Å². The average molecular weight is 296 g/mol. The summed E-state index contributed by atoms with van der Waals surface area (Å²) in [5.41, 5.74) is -0.0929. The molecule has 122 valence electrons. The van der Waals surface area contributed by atoms with Crippen LogP contribution in [0.4, 0.5) is 0 Å². The van der Waals surface area contributed by atoms with Crippen LogP contribution in [0.1, 0.15) is 67.2 Å². The number of nitrogens with one attached hydrogen (secondary N) is 2. The Bertz CT molecular complexity index is 379. The van der Waals surface area contributed by atoms with Crippen LogP contribution in [0.3, 0.4) is 0 Å². The molecular weight excluding hydrogens is 264 g/mol. The van der Waals surface area contributed by atoms with Gasteiger partial charge in [-0.15, -0.1) is 0 Å². The second-order valence-corrected chi connectivity index (χ2v) is 7.21. The van der Waals surface area contributed by atoms with E-state index in [-0.39, 0.29) is 35.2 Å². The summed E-state index contributed by atoms with van der Waals surface area (Å²) >= 11 is 0. The molecule has 2 amide bonds. The maximum atomic E-state index is 12.3. The largest absolute Gasteiger partial charge is 0.354 e. The van der Waals surface area contributed by atoms with E-state index in [0.29, 0.717) is 12.3 Å². The Kier molecular flexibility index (Phi) is 6.24. The van der Waals surface area contributed by atoms with Crippen molar-refractivity contribution in [2.24, 2.45) is 17.3 Å². The number of amides is 2. The number of hydrogen-bond acceptors (Lipinski definition) is 2. The van der Waals surface area contributed by atoms with Crippen LogP contribution in [-0.2, 0) is 9.59 Å². The zero-order valence-electron chi connectivity index (χ0n) is 14.5. The van der Waals surface area contributed by atoms with Gasteiger partial charge in [-0.05, 0) is 44.4 Å². The molecule has 0 radical (unpaired) electrons. The summed E-state index contributed by atoms with van der Waals surface area (Å²) in [5.74, 6) is 0.596. The van der Waals surface area contributed by atoms with E-state index in [1.54, 1.807) is 0 Å². The maximum Gasteiger partial charge on any atom is 0.223 e. The Morgan fingerprint density at radius 1 is 1.10 bits per heavy atom. The van der Waals surface area contributed by atoms with Gasteiger partial charge in [-0.3, -0.25) is 9.59 Å². The minimum atomic E-state index is -0.0929. The quantitative estimate of drug-likeness (QED) is 0.759. The highest BCUT2D eigenvalue weighted by atomic mass is 16.2. The summed E-state index contributed by atoms with van der Waals surface area (Å²) in [6.07, 6.45) is 3.24. The first-order chi connectivity index (χ1) is 9.72. The van der Waals surface area contributed by atoms with Crippen molar-refractivity contribution in [2.75, 3.05) is 0 Å². The standard InChI is InChI=1S/C17H32N2O2/c1-7-11(3)18-15(20)10-13-9-14(17(13,5)6)16(21)19-12(4)8-2/h11-14H,7-10H2,1-6H3,(H,18,20)(H,19,21)/t11-,12+,13-,14-/m1/s1. The molecule has 0 unspecified atom stereocenters. The summed E-state index contributed by atoms with van der Waals surface area (Å²) in [7, 11) is 0. The number of rotatable bonds is 7. The summed E-state index contributed by atoms with van der Waals surface area (Å²) in [6.45, 7) is 12.4. The van der Waals surface area contributed by atoms with Crippen molar-refractivity contribution < 1.29 is 9.59 Å². The van der Waals surface area contributed by atoms with Gasteiger partial charge in [0.15, 0.2) is 0 Å². The van der Waals surface area contributed by atoms with Crippen molar-refractivity contribution in [3.8, 4) is 0 Å². The van der Waals surface area contributed by atoms with Crippen LogP contribution in [0.5, 0.6) is 0 Å². The highest BCUT2D eigenvalue weighted by Crippen LogP contribution is 2.52. The lowest BCUT2D eigenvalue weighted by Crippen LogP contribution is -2.54. The minimum absolute atomic E-state index is 0.0351. The SMILES string of the molecule is CC[C@@H](C)NC(=O)C[C@H]1C[C@H](C(=O)N[C@@H](C)CC)C1(C)C. The summed E-state index contributed by atoms with van der Waals surface area (Å²) in [6, 6.07) is 0.450. The predicted octanol–water partition coefficient (Wildman–Crippen LogP) is 2.87. The Morgan fingerprint density at radius 3 is 2.10 bits per heavy atom. The number of carbonyl (C=O) groups is 2. The molecule has 0 bridgehead atoms. The molecule has 4 atom stereocenters. The van der Waals surface area contributed by atoms with Gasteiger partial charge in [0.2, 0.25) is 11.8 Å². The Labute approximate surface area is 129 Å². The van der Waals surface area contributed by atoms with E-state index in [4.69, 9.17) is 0 Å². The third kappa shape index (κ3) is 4.45. The molecule has 21 heavy (non-hydrogen) atoms. The van der Waals surface area contributed by atoms with Crippen molar-refractivity contribution in [3.05, 3.63) is 0 Å². The molecular formula is C17H32N2O2. The lowest BCUT2D eigenvalue weighted by molar-refractivity contribution is -0.145. The third-order valence-electron chi connectivity index (χ3n) is 5.24. The first-order valence-corrected chi connectivity index (χ1v) is 8.32. The van der Waals surface area contributed by atoms with Gasteiger partial charge in [0.05, 0.1) is 0 Å². The second kappa shape index (κ2) is 7.28. The molecule has 1 fully saturated rings. The fourth-order valence-electron chi connectivity index (χ4n) is 2.91. The van der Waals surface area contributed by atoms with Crippen molar-refractivity contribution in [2.45, 2.75) is 79.3 Å². The molecule has 0 aliphatic heterocycles. The van der Waals surface area contributed by atoms with Crippen LogP contribution in [0.2, 0.25) is 0 Å². The van der Waals surface area contributed by atoms with Gasteiger partial charge in [0.25, 0.3) is 0 Å². The summed E-state index contributed by atoms with van der Waals surface area (Å²) in [4.78, 5) is 24.2. The molecule has 1 aliphatic carbocycles. The fraction of sp³-hybridized carbons (Fsp3) is 0.882.